The molecular formula is C26H25FN2O3. The van der Waals surface area contributed by atoms with Gasteiger partial charge in [-0.1, -0.05) is 18.2 Å². The molecule has 6 heteroatoms. The van der Waals surface area contributed by atoms with Crippen LogP contribution in [0.1, 0.15) is 24.0 Å². The minimum atomic E-state index is -0.500. The molecule has 1 amide bonds. The van der Waals surface area contributed by atoms with E-state index in [-0.39, 0.29) is 17.7 Å². The first kappa shape index (κ1) is 21.6. The topological polar surface area (TPSA) is 51.7 Å². The van der Waals surface area contributed by atoms with Crippen LogP contribution in [-0.2, 0) is 11.2 Å². The Balaban J connectivity index is 1.40. The van der Waals surface area contributed by atoms with E-state index in [9.17, 15) is 9.18 Å². The number of benzene rings is 2. The normalized spacial score (nSPS) is 15.8. The Bertz CT molecular complexity index is 1100. The van der Waals surface area contributed by atoms with Gasteiger partial charge in [-0.3, -0.25) is 9.78 Å². The summed E-state index contributed by atoms with van der Waals surface area (Å²) in [7, 11) is 1.65. The number of ether oxygens (including phenoxy) is 2. The van der Waals surface area contributed by atoms with E-state index in [1.165, 1.54) is 18.3 Å². The maximum absolute atomic E-state index is 14.4. The van der Waals surface area contributed by atoms with Crippen LogP contribution in [0.3, 0.4) is 0 Å². The Morgan fingerprint density at radius 2 is 2.06 bits per heavy atom. The lowest BCUT2D eigenvalue weighted by molar-refractivity contribution is -0.126. The van der Waals surface area contributed by atoms with Crippen LogP contribution in [0.15, 0.2) is 73.1 Å². The molecule has 1 saturated heterocycles. The summed E-state index contributed by atoms with van der Waals surface area (Å²) in [6.07, 6.45) is 9.01. The van der Waals surface area contributed by atoms with Gasteiger partial charge in [0.2, 0.25) is 5.91 Å². The molecule has 0 N–H and O–H groups in total. The van der Waals surface area contributed by atoms with E-state index in [1.807, 2.05) is 23.1 Å². The maximum atomic E-state index is 14.4. The van der Waals surface area contributed by atoms with Crippen LogP contribution in [-0.4, -0.2) is 35.5 Å². The van der Waals surface area contributed by atoms with Crippen molar-refractivity contribution in [3.8, 4) is 17.2 Å². The monoisotopic (exact) mass is 432 g/mol. The number of pyridine rings is 1. The zero-order chi connectivity index (χ0) is 22.3. The highest BCUT2D eigenvalue weighted by Crippen LogP contribution is 2.26. The fraction of sp³-hybridized carbons (Fsp3) is 0.231. The Morgan fingerprint density at radius 3 is 2.84 bits per heavy atom. The Hall–Kier alpha value is -3.67. The number of nitrogens with zero attached hydrogens (tertiary/aromatic N) is 2. The average Bonchev–Trinajstić information content (AvgIpc) is 3.28. The van der Waals surface area contributed by atoms with Crippen molar-refractivity contribution in [2.24, 2.45) is 0 Å². The van der Waals surface area contributed by atoms with Gasteiger partial charge in [-0.15, -0.1) is 0 Å². The third-order valence-electron chi connectivity index (χ3n) is 5.50. The molecule has 1 fully saturated rings. The van der Waals surface area contributed by atoms with E-state index >= 15 is 0 Å². The van der Waals surface area contributed by atoms with Gasteiger partial charge in [0, 0.05) is 24.9 Å². The molecular weight excluding hydrogens is 407 g/mol. The molecule has 3 aromatic rings. The van der Waals surface area contributed by atoms with Crippen molar-refractivity contribution >= 4 is 12.0 Å². The summed E-state index contributed by atoms with van der Waals surface area (Å²) in [6.45, 7) is 0.726. The SMILES string of the molecule is COc1cccc(CC2CCCN2C(=O)/C=C/c2ccc(Oc3cccnc3)c(F)c2)c1. The van der Waals surface area contributed by atoms with Crippen LogP contribution in [0.5, 0.6) is 17.2 Å². The number of aromatic nitrogens is 1. The number of carbonyl (C=O) groups is 1. The molecule has 164 valence electrons. The van der Waals surface area contributed by atoms with Crippen molar-refractivity contribution < 1.29 is 18.7 Å². The van der Waals surface area contributed by atoms with Gasteiger partial charge in [0.05, 0.1) is 13.3 Å². The fourth-order valence-corrected chi connectivity index (χ4v) is 3.91. The average molecular weight is 432 g/mol. The Kier molecular flexibility index (Phi) is 6.80. The molecule has 1 aliphatic rings. The van der Waals surface area contributed by atoms with Gasteiger partial charge in [0.15, 0.2) is 11.6 Å². The highest BCUT2D eigenvalue weighted by molar-refractivity contribution is 5.92. The van der Waals surface area contributed by atoms with Crippen molar-refractivity contribution in [3.63, 3.8) is 0 Å². The molecule has 2 aromatic carbocycles. The van der Waals surface area contributed by atoms with Crippen LogP contribution in [0.25, 0.3) is 6.08 Å². The third kappa shape index (κ3) is 5.32. The molecule has 0 aliphatic carbocycles. The van der Waals surface area contributed by atoms with Gasteiger partial charge in [0.25, 0.3) is 0 Å². The number of likely N-dealkylation sites (tertiary alicyclic amines) is 1. The lowest BCUT2D eigenvalue weighted by Gasteiger charge is -2.23. The van der Waals surface area contributed by atoms with Gasteiger partial charge < -0.3 is 14.4 Å². The minimum Gasteiger partial charge on any atom is -0.497 e. The number of methoxy groups -OCH3 is 1. The Labute approximate surface area is 187 Å². The first-order valence-electron chi connectivity index (χ1n) is 10.6. The van der Waals surface area contributed by atoms with E-state index in [0.29, 0.717) is 11.3 Å². The predicted octanol–water partition coefficient (Wildman–Crippen LogP) is 5.27. The van der Waals surface area contributed by atoms with Crippen molar-refractivity contribution in [2.75, 3.05) is 13.7 Å². The summed E-state index contributed by atoms with van der Waals surface area (Å²) in [6, 6.07) is 16.1. The summed E-state index contributed by atoms with van der Waals surface area (Å²) < 4.78 is 25.3. The number of hydrogen-bond donors (Lipinski definition) is 0. The number of halogens is 1. The molecule has 5 nitrogen and oxygen atoms in total. The van der Waals surface area contributed by atoms with Crippen LogP contribution < -0.4 is 9.47 Å². The van der Waals surface area contributed by atoms with Gasteiger partial charge in [0.1, 0.15) is 11.5 Å². The van der Waals surface area contributed by atoms with Crippen molar-refractivity contribution in [2.45, 2.75) is 25.3 Å². The molecule has 2 heterocycles. The zero-order valence-electron chi connectivity index (χ0n) is 17.9. The molecule has 1 atom stereocenters. The summed E-state index contributed by atoms with van der Waals surface area (Å²) in [5.74, 6) is 0.823. The molecule has 0 saturated carbocycles. The molecule has 1 aliphatic heterocycles. The van der Waals surface area contributed by atoms with Crippen LogP contribution >= 0.6 is 0 Å². The number of carbonyl (C=O) groups excluding carboxylic acids is 1. The van der Waals surface area contributed by atoms with Gasteiger partial charge in [-0.05, 0) is 72.9 Å². The number of hydrogen-bond acceptors (Lipinski definition) is 4. The second-order valence-corrected chi connectivity index (χ2v) is 7.70. The van der Waals surface area contributed by atoms with Crippen LogP contribution in [0.2, 0.25) is 0 Å². The summed E-state index contributed by atoms with van der Waals surface area (Å²) in [4.78, 5) is 18.7. The standard InChI is InChI=1S/C26H25FN2O3/c1-31-22-7-2-5-20(16-22)15-21-6-4-14-29(21)26(30)12-10-19-9-11-25(24(27)17-19)32-23-8-3-13-28-18-23/h2-3,5,7-13,16-18,21H,4,6,14-15H2,1H3/b12-10+. The van der Waals surface area contributed by atoms with E-state index in [1.54, 1.807) is 43.6 Å². The maximum Gasteiger partial charge on any atom is 0.246 e. The fourth-order valence-electron chi connectivity index (χ4n) is 3.91. The van der Waals surface area contributed by atoms with Crippen molar-refractivity contribution in [3.05, 3.63) is 90.0 Å². The smallest absolute Gasteiger partial charge is 0.246 e. The number of amides is 1. The molecule has 4 rings (SSSR count). The molecule has 1 unspecified atom stereocenters. The van der Waals surface area contributed by atoms with E-state index in [0.717, 1.165) is 37.1 Å². The lowest BCUT2D eigenvalue weighted by Crippen LogP contribution is -2.35. The van der Waals surface area contributed by atoms with Crippen LogP contribution in [0, 0.1) is 5.82 Å². The zero-order valence-corrected chi connectivity index (χ0v) is 17.9. The van der Waals surface area contributed by atoms with Crippen molar-refractivity contribution in [1.82, 2.24) is 9.88 Å². The molecule has 0 spiro atoms. The van der Waals surface area contributed by atoms with Crippen molar-refractivity contribution in [1.29, 1.82) is 0 Å². The van der Waals surface area contributed by atoms with Gasteiger partial charge in [-0.25, -0.2) is 4.39 Å². The van der Waals surface area contributed by atoms with Gasteiger partial charge in [-0.2, -0.15) is 0 Å². The third-order valence-corrected chi connectivity index (χ3v) is 5.50. The Morgan fingerprint density at radius 1 is 1.19 bits per heavy atom. The molecule has 32 heavy (non-hydrogen) atoms. The highest BCUT2D eigenvalue weighted by Gasteiger charge is 2.27. The molecule has 0 bridgehead atoms. The minimum absolute atomic E-state index is 0.0634. The second kappa shape index (κ2) is 10.1. The van der Waals surface area contributed by atoms with E-state index in [4.69, 9.17) is 9.47 Å². The first-order valence-corrected chi connectivity index (χ1v) is 10.6. The largest absolute Gasteiger partial charge is 0.497 e. The molecule has 1 aromatic heterocycles. The number of rotatable bonds is 7. The lowest BCUT2D eigenvalue weighted by atomic mass is 10.0. The van der Waals surface area contributed by atoms with E-state index in [2.05, 4.69) is 11.1 Å². The van der Waals surface area contributed by atoms with E-state index < -0.39 is 5.82 Å². The highest BCUT2D eigenvalue weighted by atomic mass is 19.1. The summed E-state index contributed by atoms with van der Waals surface area (Å²) >= 11 is 0. The summed E-state index contributed by atoms with van der Waals surface area (Å²) in [5, 5.41) is 0. The second-order valence-electron chi connectivity index (χ2n) is 7.70. The quantitative estimate of drug-likeness (QED) is 0.478. The molecule has 0 radical (unpaired) electrons. The van der Waals surface area contributed by atoms with Crippen LogP contribution in [0.4, 0.5) is 4.39 Å². The van der Waals surface area contributed by atoms with Gasteiger partial charge >= 0.3 is 0 Å². The predicted molar refractivity (Wildman–Crippen MR) is 121 cm³/mol. The first-order chi connectivity index (χ1) is 15.6. The summed E-state index contributed by atoms with van der Waals surface area (Å²) in [5.41, 5.74) is 1.74.